The highest BCUT2D eigenvalue weighted by Crippen LogP contribution is 2.37. The van der Waals surface area contributed by atoms with Crippen LogP contribution in [0.3, 0.4) is 0 Å². The van der Waals surface area contributed by atoms with E-state index >= 15 is 0 Å². The van der Waals surface area contributed by atoms with Crippen LogP contribution >= 0.6 is 15.9 Å². The third kappa shape index (κ3) is 2.44. The minimum Gasteiger partial charge on any atom is -0.504 e. The molecule has 1 aromatic heterocycles. The Balaban J connectivity index is 2.79. The highest BCUT2D eigenvalue weighted by atomic mass is 79.9. The standard InChI is InChI=1S/C14H14BrNO4/c1-8-12(18)13(19)11(16(6-7-17)14(8)20)9-2-4-10(15)5-3-9/h2-5,17-19H,6-7H2,1H3. The van der Waals surface area contributed by atoms with Crippen LogP contribution < -0.4 is 5.56 Å². The normalized spacial score (nSPS) is 10.8. The van der Waals surface area contributed by atoms with E-state index in [0.29, 0.717) is 5.56 Å². The minimum absolute atomic E-state index is 0.0406. The van der Waals surface area contributed by atoms with E-state index in [1.807, 2.05) is 0 Å². The molecular formula is C14H14BrNO4. The van der Waals surface area contributed by atoms with Crippen molar-refractivity contribution in [3.8, 4) is 22.8 Å². The summed E-state index contributed by atoms with van der Waals surface area (Å²) in [6.45, 7) is 1.22. The Kier molecular flexibility index (Phi) is 4.15. The molecule has 1 heterocycles. The van der Waals surface area contributed by atoms with Crippen molar-refractivity contribution in [2.75, 3.05) is 6.61 Å². The van der Waals surface area contributed by atoms with Gasteiger partial charge in [-0.2, -0.15) is 0 Å². The maximum Gasteiger partial charge on any atom is 0.257 e. The molecule has 3 N–H and O–H groups in total. The van der Waals surface area contributed by atoms with Gasteiger partial charge in [-0.25, -0.2) is 0 Å². The molecule has 106 valence electrons. The second-order valence-corrected chi connectivity index (χ2v) is 5.27. The Morgan fingerprint density at radius 1 is 1.15 bits per heavy atom. The maximum absolute atomic E-state index is 12.2. The monoisotopic (exact) mass is 339 g/mol. The smallest absolute Gasteiger partial charge is 0.257 e. The third-order valence-electron chi connectivity index (χ3n) is 3.08. The fraction of sp³-hybridized carbons (Fsp3) is 0.214. The topological polar surface area (TPSA) is 82.7 Å². The highest BCUT2D eigenvalue weighted by Gasteiger charge is 2.19. The second kappa shape index (κ2) is 5.68. The SMILES string of the molecule is Cc1c(O)c(O)c(-c2ccc(Br)cc2)n(CCO)c1=O. The predicted molar refractivity (Wildman–Crippen MR) is 79.0 cm³/mol. The molecule has 0 amide bonds. The molecule has 20 heavy (non-hydrogen) atoms. The Bertz CT molecular complexity index is 692. The van der Waals surface area contributed by atoms with Gasteiger partial charge in [-0.05, 0) is 19.1 Å². The van der Waals surface area contributed by atoms with E-state index in [9.17, 15) is 15.0 Å². The Morgan fingerprint density at radius 2 is 1.75 bits per heavy atom. The zero-order valence-corrected chi connectivity index (χ0v) is 12.4. The summed E-state index contributed by atoms with van der Waals surface area (Å²) in [5, 5.41) is 29.1. The molecule has 2 aromatic rings. The molecule has 0 fully saturated rings. The number of hydrogen-bond donors (Lipinski definition) is 3. The fourth-order valence-corrected chi connectivity index (χ4v) is 2.30. The van der Waals surface area contributed by atoms with Crippen LogP contribution in [0.2, 0.25) is 0 Å². The van der Waals surface area contributed by atoms with Gasteiger partial charge < -0.3 is 19.9 Å². The van der Waals surface area contributed by atoms with Crippen molar-refractivity contribution in [3.63, 3.8) is 0 Å². The molecule has 0 atom stereocenters. The number of rotatable bonds is 3. The van der Waals surface area contributed by atoms with Crippen LogP contribution in [-0.2, 0) is 6.54 Å². The molecule has 5 nitrogen and oxygen atoms in total. The molecule has 0 aliphatic rings. The minimum atomic E-state index is -0.438. The second-order valence-electron chi connectivity index (χ2n) is 4.36. The summed E-state index contributed by atoms with van der Waals surface area (Å²) < 4.78 is 2.11. The number of nitrogens with zero attached hydrogens (tertiary/aromatic N) is 1. The van der Waals surface area contributed by atoms with Crippen LogP contribution in [0.1, 0.15) is 5.56 Å². The zero-order chi connectivity index (χ0) is 14.9. The van der Waals surface area contributed by atoms with E-state index in [4.69, 9.17) is 5.11 Å². The summed E-state index contributed by atoms with van der Waals surface area (Å²) in [6, 6.07) is 6.95. The van der Waals surface area contributed by atoms with Crippen LogP contribution in [0.25, 0.3) is 11.3 Å². The predicted octanol–water partition coefficient (Wildman–Crippen LogP) is 1.99. The van der Waals surface area contributed by atoms with Crippen molar-refractivity contribution in [2.24, 2.45) is 0 Å². The van der Waals surface area contributed by atoms with Crippen molar-refractivity contribution in [2.45, 2.75) is 13.5 Å². The van der Waals surface area contributed by atoms with E-state index in [1.54, 1.807) is 24.3 Å². The van der Waals surface area contributed by atoms with E-state index < -0.39 is 11.3 Å². The number of aromatic hydroxyl groups is 2. The Morgan fingerprint density at radius 3 is 2.30 bits per heavy atom. The quantitative estimate of drug-likeness (QED) is 0.798. The largest absolute Gasteiger partial charge is 0.504 e. The summed E-state index contributed by atoms with van der Waals surface area (Å²) in [6.07, 6.45) is 0. The summed E-state index contributed by atoms with van der Waals surface area (Å²) in [4.78, 5) is 12.2. The number of aliphatic hydroxyl groups excluding tert-OH is 1. The lowest BCUT2D eigenvalue weighted by atomic mass is 10.1. The van der Waals surface area contributed by atoms with Crippen LogP contribution in [0.4, 0.5) is 0 Å². The van der Waals surface area contributed by atoms with E-state index in [2.05, 4.69) is 15.9 Å². The zero-order valence-electron chi connectivity index (χ0n) is 10.8. The van der Waals surface area contributed by atoms with Crippen molar-refractivity contribution < 1.29 is 15.3 Å². The van der Waals surface area contributed by atoms with Gasteiger partial charge >= 0.3 is 0 Å². The molecule has 0 aliphatic heterocycles. The molecule has 2 rings (SSSR count). The third-order valence-corrected chi connectivity index (χ3v) is 3.61. The van der Waals surface area contributed by atoms with Gasteiger partial charge in [-0.1, -0.05) is 28.1 Å². The number of halogens is 1. The molecule has 0 bridgehead atoms. The first kappa shape index (κ1) is 14.6. The lowest BCUT2D eigenvalue weighted by Gasteiger charge is -2.16. The maximum atomic E-state index is 12.2. The number of aromatic nitrogens is 1. The summed E-state index contributed by atoms with van der Waals surface area (Å²) in [7, 11) is 0. The number of pyridine rings is 1. The van der Waals surface area contributed by atoms with Crippen molar-refractivity contribution in [3.05, 3.63) is 44.7 Å². The first-order valence-electron chi connectivity index (χ1n) is 5.99. The number of aliphatic hydroxyl groups is 1. The first-order valence-corrected chi connectivity index (χ1v) is 6.78. The summed E-state index contributed by atoms with van der Waals surface area (Å²) in [5.74, 6) is -0.792. The summed E-state index contributed by atoms with van der Waals surface area (Å²) >= 11 is 3.31. The van der Waals surface area contributed by atoms with Crippen LogP contribution in [0.5, 0.6) is 11.5 Å². The number of benzene rings is 1. The Labute approximate surface area is 123 Å². The fourth-order valence-electron chi connectivity index (χ4n) is 2.04. The molecular weight excluding hydrogens is 326 g/mol. The van der Waals surface area contributed by atoms with Crippen molar-refractivity contribution >= 4 is 15.9 Å². The van der Waals surface area contributed by atoms with Gasteiger partial charge in [0, 0.05) is 16.6 Å². The number of hydrogen-bond acceptors (Lipinski definition) is 4. The average Bonchev–Trinajstić information content (AvgIpc) is 2.44. The first-order chi connectivity index (χ1) is 9.47. The molecule has 0 radical (unpaired) electrons. The van der Waals surface area contributed by atoms with Gasteiger partial charge in [0.05, 0.1) is 17.9 Å². The van der Waals surface area contributed by atoms with Gasteiger partial charge in [-0.3, -0.25) is 4.79 Å². The van der Waals surface area contributed by atoms with Gasteiger partial charge in [-0.15, -0.1) is 0 Å². The van der Waals surface area contributed by atoms with Crippen molar-refractivity contribution in [1.82, 2.24) is 4.57 Å². The van der Waals surface area contributed by atoms with Crippen molar-refractivity contribution in [1.29, 1.82) is 0 Å². The lowest BCUT2D eigenvalue weighted by Crippen LogP contribution is -2.25. The van der Waals surface area contributed by atoms with Gasteiger partial charge in [0.1, 0.15) is 0 Å². The van der Waals surface area contributed by atoms with Crippen LogP contribution in [0.15, 0.2) is 33.5 Å². The van der Waals surface area contributed by atoms with E-state index in [1.165, 1.54) is 11.5 Å². The molecule has 6 heteroatoms. The molecule has 0 spiro atoms. The van der Waals surface area contributed by atoms with Crippen LogP contribution in [0, 0.1) is 6.92 Å². The molecule has 0 saturated heterocycles. The molecule has 0 unspecified atom stereocenters. The molecule has 0 saturated carbocycles. The van der Waals surface area contributed by atoms with E-state index in [0.717, 1.165) is 4.47 Å². The summed E-state index contributed by atoms with van der Waals surface area (Å²) in [5.41, 5.74) is 0.385. The lowest BCUT2D eigenvalue weighted by molar-refractivity contribution is 0.273. The molecule has 1 aromatic carbocycles. The van der Waals surface area contributed by atoms with Gasteiger partial charge in [0.25, 0.3) is 5.56 Å². The Hall–Kier alpha value is -1.79. The molecule has 0 aliphatic carbocycles. The van der Waals surface area contributed by atoms with E-state index in [-0.39, 0.29) is 30.2 Å². The van der Waals surface area contributed by atoms with Gasteiger partial charge in [0.15, 0.2) is 11.5 Å². The average molecular weight is 340 g/mol. The van der Waals surface area contributed by atoms with Crippen LogP contribution in [-0.4, -0.2) is 26.5 Å². The van der Waals surface area contributed by atoms with Gasteiger partial charge in [0.2, 0.25) is 0 Å². The highest BCUT2D eigenvalue weighted by molar-refractivity contribution is 9.10.